The van der Waals surface area contributed by atoms with Crippen LogP contribution in [0, 0.1) is 0 Å². The maximum Gasteiger partial charge on any atom is 0.0910 e. The summed E-state index contributed by atoms with van der Waals surface area (Å²) in [5.41, 5.74) is 9.73. The van der Waals surface area contributed by atoms with Crippen LogP contribution in [0.5, 0.6) is 0 Å². The van der Waals surface area contributed by atoms with Crippen LogP contribution >= 0.6 is 0 Å². The molecule has 3 rings (SSSR count). The molecule has 15 heavy (non-hydrogen) atoms. The fraction of sp³-hybridized carbons (Fsp3) is 0.417. The molecule has 2 aromatic rings. The predicted molar refractivity (Wildman–Crippen MR) is 60.6 cm³/mol. The van der Waals surface area contributed by atoms with Gasteiger partial charge < -0.3 is 10.7 Å². The maximum absolute atomic E-state index is 6.08. The van der Waals surface area contributed by atoms with Gasteiger partial charge in [0, 0.05) is 17.9 Å². The summed E-state index contributed by atoms with van der Waals surface area (Å²) in [4.78, 5) is 7.63. The van der Waals surface area contributed by atoms with Gasteiger partial charge in [-0.1, -0.05) is 0 Å². The summed E-state index contributed by atoms with van der Waals surface area (Å²) in [6.45, 7) is 0. The molecule has 1 saturated carbocycles. The van der Waals surface area contributed by atoms with Gasteiger partial charge in [-0.3, -0.25) is 4.98 Å². The van der Waals surface area contributed by atoms with E-state index in [2.05, 4.69) is 22.2 Å². The first-order chi connectivity index (χ1) is 7.27. The third kappa shape index (κ3) is 1.63. The number of aromatic amines is 1. The summed E-state index contributed by atoms with van der Waals surface area (Å²) in [5, 5.41) is 0. The number of H-pyrrole nitrogens is 1. The summed E-state index contributed by atoms with van der Waals surface area (Å²) in [6.07, 6.45) is 8.38. The number of hydrogen-bond donors (Lipinski definition) is 2. The number of nitrogens with one attached hydrogen (secondary N) is 1. The van der Waals surface area contributed by atoms with Crippen molar-refractivity contribution in [2.75, 3.05) is 0 Å². The van der Waals surface area contributed by atoms with Crippen molar-refractivity contribution in [2.45, 2.75) is 31.2 Å². The van der Waals surface area contributed by atoms with Crippen LogP contribution in [0.15, 0.2) is 24.5 Å². The highest BCUT2D eigenvalue weighted by Crippen LogP contribution is 2.36. The van der Waals surface area contributed by atoms with Gasteiger partial charge in [0.25, 0.3) is 0 Å². The van der Waals surface area contributed by atoms with Crippen LogP contribution < -0.4 is 5.73 Å². The van der Waals surface area contributed by atoms with Gasteiger partial charge in [0.1, 0.15) is 0 Å². The normalized spacial score (nSPS) is 18.2. The van der Waals surface area contributed by atoms with Gasteiger partial charge in [0.15, 0.2) is 0 Å². The van der Waals surface area contributed by atoms with Crippen LogP contribution in [0.2, 0.25) is 0 Å². The van der Waals surface area contributed by atoms with Crippen molar-refractivity contribution in [1.29, 1.82) is 0 Å². The molecule has 2 heterocycles. The van der Waals surface area contributed by atoms with Gasteiger partial charge in [-0.05, 0) is 43.4 Å². The first kappa shape index (κ1) is 8.92. The van der Waals surface area contributed by atoms with Gasteiger partial charge in [0.2, 0.25) is 0 Å². The molecule has 3 N–H and O–H groups in total. The molecule has 2 aromatic heterocycles. The third-order valence-corrected chi connectivity index (χ3v) is 3.30. The Labute approximate surface area is 88.7 Å². The first-order valence-electron chi connectivity index (χ1n) is 5.47. The Morgan fingerprint density at radius 2 is 2.33 bits per heavy atom. The molecule has 1 aliphatic carbocycles. The first-order valence-corrected chi connectivity index (χ1v) is 5.47. The summed E-state index contributed by atoms with van der Waals surface area (Å²) in [7, 11) is 0. The highest BCUT2D eigenvalue weighted by molar-refractivity contribution is 5.78. The second-order valence-electron chi connectivity index (χ2n) is 4.58. The van der Waals surface area contributed by atoms with Crippen molar-refractivity contribution in [3.8, 4) is 0 Å². The minimum Gasteiger partial charge on any atom is -0.360 e. The van der Waals surface area contributed by atoms with Gasteiger partial charge in [-0.15, -0.1) is 0 Å². The van der Waals surface area contributed by atoms with Crippen molar-refractivity contribution in [3.63, 3.8) is 0 Å². The summed E-state index contributed by atoms with van der Waals surface area (Å²) in [5.74, 6) is 0. The second-order valence-corrected chi connectivity index (χ2v) is 4.58. The Hall–Kier alpha value is -1.35. The van der Waals surface area contributed by atoms with E-state index in [1.165, 1.54) is 18.4 Å². The van der Waals surface area contributed by atoms with Crippen molar-refractivity contribution < 1.29 is 0 Å². The number of nitrogens with two attached hydrogens (primary N) is 1. The van der Waals surface area contributed by atoms with E-state index in [1.807, 2.05) is 12.3 Å². The lowest BCUT2D eigenvalue weighted by atomic mass is 10.1. The summed E-state index contributed by atoms with van der Waals surface area (Å²) in [6, 6.07) is 4.01. The van der Waals surface area contributed by atoms with Gasteiger partial charge in [-0.25, -0.2) is 0 Å². The molecule has 3 nitrogen and oxygen atoms in total. The van der Waals surface area contributed by atoms with Crippen LogP contribution in [0.3, 0.4) is 0 Å². The third-order valence-electron chi connectivity index (χ3n) is 3.30. The lowest BCUT2D eigenvalue weighted by Gasteiger charge is -2.06. The van der Waals surface area contributed by atoms with E-state index in [0.717, 1.165) is 23.9 Å². The van der Waals surface area contributed by atoms with E-state index < -0.39 is 0 Å². The van der Waals surface area contributed by atoms with Crippen LogP contribution in [-0.4, -0.2) is 15.5 Å². The standard InChI is InChI=1S/C12H15N3/c13-12(5-6-12)4-3-9-8-15-10-2-1-7-14-11(9)10/h1-2,7-8,15H,3-6,13H2. The van der Waals surface area contributed by atoms with Crippen molar-refractivity contribution in [2.24, 2.45) is 5.73 Å². The second kappa shape index (κ2) is 3.07. The van der Waals surface area contributed by atoms with Gasteiger partial charge >= 0.3 is 0 Å². The zero-order valence-electron chi connectivity index (χ0n) is 8.66. The monoisotopic (exact) mass is 201 g/mol. The van der Waals surface area contributed by atoms with Crippen molar-refractivity contribution >= 4 is 11.0 Å². The number of rotatable bonds is 3. The highest BCUT2D eigenvalue weighted by atomic mass is 14.8. The minimum absolute atomic E-state index is 0.137. The molecule has 3 heteroatoms. The quantitative estimate of drug-likeness (QED) is 0.797. The van der Waals surface area contributed by atoms with E-state index in [9.17, 15) is 0 Å². The lowest BCUT2D eigenvalue weighted by Crippen LogP contribution is -2.21. The van der Waals surface area contributed by atoms with Crippen LogP contribution in [-0.2, 0) is 6.42 Å². The lowest BCUT2D eigenvalue weighted by molar-refractivity contribution is 0.610. The molecule has 0 radical (unpaired) electrons. The molecule has 0 aromatic carbocycles. The Morgan fingerprint density at radius 3 is 3.13 bits per heavy atom. The number of aromatic nitrogens is 2. The number of aryl methyl sites for hydroxylation is 1. The predicted octanol–water partition coefficient (Wildman–Crippen LogP) is 1.99. The Kier molecular flexibility index (Phi) is 1.83. The molecule has 0 amide bonds. The molecule has 78 valence electrons. The smallest absolute Gasteiger partial charge is 0.0910 e. The van der Waals surface area contributed by atoms with Crippen LogP contribution in [0.1, 0.15) is 24.8 Å². The van der Waals surface area contributed by atoms with Crippen LogP contribution in [0.25, 0.3) is 11.0 Å². The number of pyridine rings is 1. The van der Waals surface area contributed by atoms with E-state index in [1.54, 1.807) is 0 Å². The highest BCUT2D eigenvalue weighted by Gasteiger charge is 2.37. The molecule has 0 spiro atoms. The van der Waals surface area contributed by atoms with E-state index in [-0.39, 0.29) is 5.54 Å². The maximum atomic E-state index is 6.08. The molecule has 1 fully saturated rings. The molecular weight excluding hydrogens is 186 g/mol. The summed E-state index contributed by atoms with van der Waals surface area (Å²) < 4.78 is 0. The van der Waals surface area contributed by atoms with Gasteiger partial charge in [-0.2, -0.15) is 0 Å². The molecule has 0 bridgehead atoms. The van der Waals surface area contributed by atoms with E-state index in [0.29, 0.717) is 0 Å². The number of hydrogen-bond acceptors (Lipinski definition) is 2. The minimum atomic E-state index is 0.137. The number of nitrogens with zero attached hydrogens (tertiary/aromatic N) is 1. The zero-order chi connectivity index (χ0) is 10.3. The van der Waals surface area contributed by atoms with E-state index in [4.69, 9.17) is 5.73 Å². The fourth-order valence-electron chi connectivity index (χ4n) is 2.00. The zero-order valence-corrected chi connectivity index (χ0v) is 8.66. The van der Waals surface area contributed by atoms with Crippen molar-refractivity contribution in [3.05, 3.63) is 30.1 Å². The summed E-state index contributed by atoms with van der Waals surface area (Å²) >= 11 is 0. The van der Waals surface area contributed by atoms with E-state index >= 15 is 0 Å². The van der Waals surface area contributed by atoms with Crippen LogP contribution in [0.4, 0.5) is 0 Å². The molecule has 0 saturated heterocycles. The SMILES string of the molecule is NC1(CCc2c[nH]c3cccnc23)CC1. The Balaban J connectivity index is 1.84. The topological polar surface area (TPSA) is 54.7 Å². The average molecular weight is 201 g/mol. The van der Waals surface area contributed by atoms with Gasteiger partial charge in [0.05, 0.1) is 11.0 Å². The molecular formula is C12H15N3. The largest absolute Gasteiger partial charge is 0.360 e. The fourth-order valence-corrected chi connectivity index (χ4v) is 2.00. The Bertz CT molecular complexity index is 482. The molecule has 1 aliphatic rings. The molecule has 0 unspecified atom stereocenters. The number of fused-ring (bicyclic) bond motifs is 1. The van der Waals surface area contributed by atoms with Crippen molar-refractivity contribution in [1.82, 2.24) is 9.97 Å². The molecule has 0 atom stereocenters. The Morgan fingerprint density at radius 1 is 1.47 bits per heavy atom. The molecule has 0 aliphatic heterocycles. The average Bonchev–Trinajstić information content (AvgIpc) is 2.86.